The van der Waals surface area contributed by atoms with E-state index >= 15 is 0 Å². The van der Waals surface area contributed by atoms with E-state index < -0.39 is 0 Å². The molecule has 1 atom stereocenters. The van der Waals surface area contributed by atoms with Crippen LogP contribution in [-0.4, -0.2) is 22.7 Å². The van der Waals surface area contributed by atoms with E-state index in [-0.39, 0.29) is 11.6 Å². The second kappa shape index (κ2) is 8.90. The summed E-state index contributed by atoms with van der Waals surface area (Å²) in [5, 5.41) is 4.94. The molecule has 0 spiro atoms. The van der Waals surface area contributed by atoms with Crippen molar-refractivity contribution in [3.05, 3.63) is 120 Å². The van der Waals surface area contributed by atoms with Gasteiger partial charge in [-0.05, 0) is 64.1 Å². The van der Waals surface area contributed by atoms with Crippen molar-refractivity contribution < 1.29 is 0 Å². The number of benzene rings is 3. The van der Waals surface area contributed by atoms with Crippen molar-refractivity contribution in [1.29, 1.82) is 0 Å². The number of rotatable bonds is 5. The van der Waals surface area contributed by atoms with Crippen molar-refractivity contribution in [3.63, 3.8) is 0 Å². The van der Waals surface area contributed by atoms with E-state index in [2.05, 4.69) is 146 Å². The van der Waals surface area contributed by atoms with Gasteiger partial charge in [0.05, 0.1) is 0 Å². The van der Waals surface area contributed by atoms with Crippen molar-refractivity contribution in [2.75, 3.05) is 12.4 Å². The molecule has 0 radical (unpaired) electrons. The van der Waals surface area contributed by atoms with E-state index in [1.807, 2.05) is 0 Å². The maximum atomic E-state index is 3.69. The molecule has 1 aromatic heterocycles. The Morgan fingerprint density at radius 2 is 1.65 bits per heavy atom. The van der Waals surface area contributed by atoms with Crippen LogP contribution in [0, 0.1) is 0 Å². The second-order valence-corrected chi connectivity index (χ2v) is 10.2. The molecule has 1 unspecified atom stereocenters. The van der Waals surface area contributed by atoms with Crippen LogP contribution in [0.2, 0.25) is 0 Å². The molecule has 3 aromatic carbocycles. The predicted molar refractivity (Wildman–Crippen MR) is 145 cm³/mol. The summed E-state index contributed by atoms with van der Waals surface area (Å²) in [6, 6.07) is 28.4. The summed E-state index contributed by atoms with van der Waals surface area (Å²) in [5.41, 5.74) is 7.72. The number of hydrogen-bond donors (Lipinski definition) is 1. The molecule has 1 N–H and O–H groups in total. The van der Waals surface area contributed by atoms with E-state index in [9.17, 15) is 0 Å². The van der Waals surface area contributed by atoms with E-state index in [0.717, 1.165) is 12.2 Å². The topological polar surface area (TPSA) is 20.2 Å². The number of hydrogen-bond acceptors (Lipinski definition) is 2. The zero-order chi connectivity index (χ0) is 23.7. The Kier molecular flexibility index (Phi) is 5.79. The number of aromatic nitrogens is 1. The highest BCUT2D eigenvalue weighted by molar-refractivity contribution is 5.84. The molecule has 5 rings (SSSR count). The molecule has 0 aliphatic carbocycles. The van der Waals surface area contributed by atoms with Gasteiger partial charge >= 0.3 is 0 Å². The monoisotopic (exact) mass is 447 g/mol. The lowest BCUT2D eigenvalue weighted by atomic mass is 9.87. The highest BCUT2D eigenvalue weighted by Gasteiger charge is 2.16. The van der Waals surface area contributed by atoms with Gasteiger partial charge in [-0.2, -0.15) is 0 Å². The maximum absolute atomic E-state index is 3.69. The van der Waals surface area contributed by atoms with Gasteiger partial charge in [0.1, 0.15) is 6.17 Å². The summed E-state index contributed by atoms with van der Waals surface area (Å²) >= 11 is 0. The van der Waals surface area contributed by atoms with E-state index in [4.69, 9.17) is 0 Å². The average molecular weight is 448 g/mol. The Bertz CT molecular complexity index is 1340. The molecule has 4 aromatic rings. The lowest BCUT2D eigenvalue weighted by molar-refractivity contribution is 0.413. The van der Waals surface area contributed by atoms with Gasteiger partial charge in [0.15, 0.2) is 0 Å². The quantitative estimate of drug-likeness (QED) is 0.347. The van der Waals surface area contributed by atoms with E-state index in [1.54, 1.807) is 0 Å². The normalized spacial score (nSPS) is 16.1. The van der Waals surface area contributed by atoms with Crippen LogP contribution in [0.1, 0.15) is 37.5 Å². The minimum atomic E-state index is 0.0982. The molecule has 0 saturated carbocycles. The Labute approximate surface area is 203 Å². The van der Waals surface area contributed by atoms with Crippen LogP contribution in [0.4, 0.5) is 5.69 Å². The summed E-state index contributed by atoms with van der Waals surface area (Å²) in [7, 11) is 2.10. The number of nitrogens with zero attached hydrogens (tertiary/aromatic N) is 2. The van der Waals surface area contributed by atoms with Crippen molar-refractivity contribution in [2.24, 2.45) is 0 Å². The minimum Gasteiger partial charge on any atom is -0.362 e. The Hall–Kier alpha value is -3.72. The number of fused-ring (bicyclic) bond motifs is 1. The highest BCUT2D eigenvalue weighted by atomic mass is 15.2. The van der Waals surface area contributed by atoms with Crippen LogP contribution in [-0.2, 0) is 12.0 Å². The molecule has 172 valence electrons. The molecular formula is C31H33N3. The summed E-state index contributed by atoms with van der Waals surface area (Å²) < 4.78 is 2.33. The van der Waals surface area contributed by atoms with Crippen molar-refractivity contribution in [3.8, 4) is 0 Å². The maximum Gasteiger partial charge on any atom is 0.119 e. The number of nitrogens with one attached hydrogen (secondary N) is 1. The van der Waals surface area contributed by atoms with Crippen molar-refractivity contribution in [1.82, 2.24) is 9.47 Å². The Morgan fingerprint density at radius 3 is 2.38 bits per heavy atom. The first-order valence-corrected chi connectivity index (χ1v) is 12.0. The predicted octanol–water partition coefficient (Wildman–Crippen LogP) is 7.27. The fraction of sp³-hybridized carbons (Fsp3) is 0.226. The second-order valence-electron chi connectivity index (χ2n) is 10.2. The number of allylic oxidation sites excluding steroid dienone is 2. The van der Waals surface area contributed by atoms with Gasteiger partial charge in [-0.15, -0.1) is 0 Å². The zero-order valence-electron chi connectivity index (χ0n) is 20.5. The molecule has 0 bridgehead atoms. The first-order valence-electron chi connectivity index (χ1n) is 12.0. The summed E-state index contributed by atoms with van der Waals surface area (Å²) in [5.74, 6) is 0. The van der Waals surface area contributed by atoms with Gasteiger partial charge in [-0.3, -0.25) is 0 Å². The van der Waals surface area contributed by atoms with Gasteiger partial charge in [0.25, 0.3) is 0 Å². The third-order valence-corrected chi connectivity index (χ3v) is 6.63. The SMILES string of the molecule is CN1C=CC(c2ccccc2)=CC1Nc1ccc2c(ccn2Cc2ccc(C(C)(C)C)cc2)c1. The highest BCUT2D eigenvalue weighted by Crippen LogP contribution is 2.27. The van der Waals surface area contributed by atoms with Gasteiger partial charge in [0.2, 0.25) is 0 Å². The van der Waals surface area contributed by atoms with Gasteiger partial charge in [-0.1, -0.05) is 75.4 Å². The van der Waals surface area contributed by atoms with Gasteiger partial charge in [0, 0.05) is 42.6 Å². The van der Waals surface area contributed by atoms with Crippen LogP contribution < -0.4 is 5.32 Å². The Balaban J connectivity index is 1.33. The molecule has 2 heterocycles. The van der Waals surface area contributed by atoms with Crippen LogP contribution >= 0.6 is 0 Å². The largest absolute Gasteiger partial charge is 0.362 e. The lowest BCUT2D eigenvalue weighted by Crippen LogP contribution is -2.34. The van der Waals surface area contributed by atoms with E-state index in [1.165, 1.54) is 33.2 Å². The molecule has 3 nitrogen and oxygen atoms in total. The van der Waals surface area contributed by atoms with Crippen LogP contribution in [0.25, 0.3) is 16.5 Å². The minimum absolute atomic E-state index is 0.0982. The van der Waals surface area contributed by atoms with Gasteiger partial charge in [-0.25, -0.2) is 0 Å². The molecule has 34 heavy (non-hydrogen) atoms. The standard InChI is InChI=1S/C31H33N3/c1-31(2,3)27-12-10-23(11-13-27)22-34-19-17-26-20-28(14-15-29(26)34)32-30-21-25(16-18-33(30)4)24-8-6-5-7-9-24/h5-21,30,32H,22H2,1-4H3. The summed E-state index contributed by atoms with van der Waals surface area (Å²) in [6.45, 7) is 7.65. The smallest absolute Gasteiger partial charge is 0.119 e. The third-order valence-electron chi connectivity index (χ3n) is 6.63. The lowest BCUT2D eigenvalue weighted by Gasteiger charge is -2.30. The van der Waals surface area contributed by atoms with Crippen LogP contribution in [0.5, 0.6) is 0 Å². The number of likely N-dealkylation sites (N-methyl/N-ethyl adjacent to an activating group) is 1. The molecular weight excluding hydrogens is 414 g/mol. The van der Waals surface area contributed by atoms with Crippen LogP contribution in [0.3, 0.4) is 0 Å². The van der Waals surface area contributed by atoms with Gasteiger partial charge < -0.3 is 14.8 Å². The first kappa shape index (κ1) is 22.1. The molecule has 1 aliphatic rings. The zero-order valence-corrected chi connectivity index (χ0v) is 20.5. The molecule has 0 saturated heterocycles. The van der Waals surface area contributed by atoms with Crippen molar-refractivity contribution >= 4 is 22.2 Å². The fourth-order valence-corrected chi connectivity index (χ4v) is 4.51. The van der Waals surface area contributed by atoms with E-state index in [0.29, 0.717) is 0 Å². The van der Waals surface area contributed by atoms with Crippen LogP contribution in [0.15, 0.2) is 103 Å². The summed E-state index contributed by atoms with van der Waals surface area (Å²) in [4.78, 5) is 2.20. The first-order chi connectivity index (χ1) is 16.4. The number of anilines is 1. The molecule has 1 aliphatic heterocycles. The fourth-order valence-electron chi connectivity index (χ4n) is 4.51. The van der Waals surface area contributed by atoms with Crippen molar-refractivity contribution in [2.45, 2.75) is 38.9 Å². The summed E-state index contributed by atoms with van der Waals surface area (Å²) in [6.07, 6.45) is 8.88. The third kappa shape index (κ3) is 4.65. The molecule has 0 fully saturated rings. The molecule has 3 heteroatoms. The molecule has 0 amide bonds. The Morgan fingerprint density at radius 1 is 0.882 bits per heavy atom. The average Bonchev–Trinajstić information content (AvgIpc) is 3.23.